The molecule has 0 saturated heterocycles. The number of ether oxygens (including phenoxy) is 2. The molecule has 1 aromatic heterocycles. The first-order valence-electron chi connectivity index (χ1n) is 12.3. The van der Waals surface area contributed by atoms with Crippen molar-refractivity contribution in [2.75, 3.05) is 13.2 Å². The molecule has 0 aliphatic rings. The second-order valence-corrected chi connectivity index (χ2v) is 8.70. The fourth-order valence-corrected chi connectivity index (χ4v) is 3.90. The lowest BCUT2D eigenvalue weighted by Crippen LogP contribution is -2.06. The van der Waals surface area contributed by atoms with Crippen molar-refractivity contribution in [1.29, 1.82) is 0 Å². The fourth-order valence-electron chi connectivity index (χ4n) is 3.90. The van der Waals surface area contributed by atoms with Gasteiger partial charge < -0.3 is 15.2 Å². The van der Waals surface area contributed by atoms with Crippen molar-refractivity contribution in [3.8, 4) is 22.6 Å². The van der Waals surface area contributed by atoms with E-state index in [9.17, 15) is 4.79 Å². The van der Waals surface area contributed by atoms with Crippen LogP contribution in [0.1, 0.15) is 29.5 Å². The van der Waals surface area contributed by atoms with Crippen molar-refractivity contribution < 1.29 is 14.3 Å². The summed E-state index contributed by atoms with van der Waals surface area (Å²) in [6, 6.07) is 28.0. The van der Waals surface area contributed by atoms with Gasteiger partial charge in [-0.3, -0.25) is 9.78 Å². The molecule has 1 heterocycles. The summed E-state index contributed by atoms with van der Waals surface area (Å²) in [6.07, 6.45) is 6.02. The number of carbonyl (C=O) groups is 1. The summed E-state index contributed by atoms with van der Waals surface area (Å²) in [5.41, 5.74) is 10.8. The van der Waals surface area contributed by atoms with Gasteiger partial charge >= 0.3 is 0 Å². The summed E-state index contributed by atoms with van der Waals surface area (Å²) in [5, 5.41) is 0. The minimum atomic E-state index is 0.224. The molecular formula is C31H32N2O3. The van der Waals surface area contributed by atoms with Crippen molar-refractivity contribution in [3.05, 3.63) is 114 Å². The van der Waals surface area contributed by atoms with Crippen LogP contribution in [-0.2, 0) is 24.2 Å². The maximum Gasteiger partial charge on any atom is 0.137 e. The molecule has 0 atom stereocenters. The van der Waals surface area contributed by atoms with Crippen LogP contribution in [0.25, 0.3) is 11.1 Å². The smallest absolute Gasteiger partial charge is 0.137 e. The third kappa shape index (κ3) is 7.52. The first-order chi connectivity index (χ1) is 17.7. The predicted molar refractivity (Wildman–Crippen MR) is 143 cm³/mol. The summed E-state index contributed by atoms with van der Waals surface area (Å²) in [6.45, 7) is 1.59. The van der Waals surface area contributed by atoms with Gasteiger partial charge in [0.15, 0.2) is 0 Å². The molecule has 36 heavy (non-hydrogen) atoms. The summed E-state index contributed by atoms with van der Waals surface area (Å²) in [4.78, 5) is 16.5. The number of rotatable bonds is 13. The molecule has 0 unspecified atom stereocenters. The summed E-state index contributed by atoms with van der Waals surface area (Å²) in [5.74, 6) is 1.75. The number of ketones is 1. The molecule has 3 aromatic carbocycles. The van der Waals surface area contributed by atoms with Crippen LogP contribution in [0.5, 0.6) is 11.5 Å². The van der Waals surface area contributed by atoms with Crippen molar-refractivity contribution in [3.63, 3.8) is 0 Å². The lowest BCUT2D eigenvalue weighted by atomic mass is 10.0. The fraction of sp³-hybridized carbons (Fsp3) is 0.226. The van der Waals surface area contributed by atoms with E-state index in [2.05, 4.69) is 17.1 Å². The maximum atomic E-state index is 12.4. The third-order valence-corrected chi connectivity index (χ3v) is 5.89. The first kappa shape index (κ1) is 25.1. The zero-order valence-electron chi connectivity index (χ0n) is 20.4. The highest BCUT2D eigenvalue weighted by molar-refractivity contribution is 5.81. The normalized spacial score (nSPS) is 10.7. The second kappa shape index (κ2) is 13.2. The van der Waals surface area contributed by atoms with Gasteiger partial charge in [-0.1, -0.05) is 60.7 Å². The Morgan fingerprint density at radius 3 is 2.39 bits per heavy atom. The highest BCUT2D eigenvalue weighted by atomic mass is 16.5. The topological polar surface area (TPSA) is 74.4 Å². The number of benzene rings is 3. The molecular weight excluding hydrogens is 448 g/mol. The Morgan fingerprint density at radius 1 is 0.833 bits per heavy atom. The molecule has 5 heteroatoms. The van der Waals surface area contributed by atoms with Gasteiger partial charge in [0, 0.05) is 36.9 Å². The standard InChI is InChI=1S/C31H32N2O3/c32-17-5-19-35-29-15-16-30(27-7-2-1-3-8-27)31(21-29)36-23-26-11-9-24(10-12-26)20-28(34)14-13-25-6-4-18-33-22-25/h1-4,6-12,15-16,18,21-22H,5,13-14,17,19-20,23,32H2. The molecule has 5 nitrogen and oxygen atoms in total. The lowest BCUT2D eigenvalue weighted by Gasteiger charge is -2.15. The number of hydrogen-bond donors (Lipinski definition) is 1. The minimum absolute atomic E-state index is 0.224. The van der Waals surface area contributed by atoms with Gasteiger partial charge in [-0.15, -0.1) is 0 Å². The molecule has 0 aliphatic carbocycles. The lowest BCUT2D eigenvalue weighted by molar-refractivity contribution is -0.118. The van der Waals surface area contributed by atoms with Gasteiger partial charge in [-0.2, -0.15) is 0 Å². The van der Waals surface area contributed by atoms with Crippen LogP contribution in [-0.4, -0.2) is 23.9 Å². The second-order valence-electron chi connectivity index (χ2n) is 8.70. The van der Waals surface area contributed by atoms with Gasteiger partial charge in [-0.25, -0.2) is 0 Å². The maximum absolute atomic E-state index is 12.4. The monoisotopic (exact) mass is 480 g/mol. The van der Waals surface area contributed by atoms with E-state index in [0.717, 1.165) is 52.2 Å². The molecule has 0 amide bonds. The van der Waals surface area contributed by atoms with Crippen LogP contribution in [0.3, 0.4) is 0 Å². The number of aromatic nitrogens is 1. The van der Waals surface area contributed by atoms with E-state index in [1.54, 1.807) is 6.20 Å². The number of nitrogens with two attached hydrogens (primary N) is 1. The van der Waals surface area contributed by atoms with Gasteiger partial charge in [-0.05, 0) is 59.8 Å². The Morgan fingerprint density at radius 2 is 1.64 bits per heavy atom. The van der Waals surface area contributed by atoms with Crippen molar-refractivity contribution >= 4 is 5.78 Å². The Bertz CT molecular complexity index is 1230. The van der Waals surface area contributed by atoms with E-state index in [4.69, 9.17) is 15.2 Å². The van der Waals surface area contributed by atoms with Gasteiger partial charge in [0.1, 0.15) is 23.9 Å². The third-order valence-electron chi connectivity index (χ3n) is 5.89. The molecule has 0 bridgehead atoms. The summed E-state index contributed by atoms with van der Waals surface area (Å²) in [7, 11) is 0. The van der Waals surface area contributed by atoms with Gasteiger partial charge in [0.2, 0.25) is 0 Å². The number of Topliss-reactive ketones (excluding diaryl/α,β-unsaturated/α-hetero) is 1. The van der Waals surface area contributed by atoms with Crippen molar-refractivity contribution in [2.45, 2.75) is 32.3 Å². The van der Waals surface area contributed by atoms with Crippen molar-refractivity contribution in [1.82, 2.24) is 4.98 Å². The predicted octanol–water partition coefficient (Wildman–Crippen LogP) is 5.80. The molecule has 0 spiro atoms. The molecule has 0 saturated carbocycles. The Labute approximate surface area is 212 Å². The highest BCUT2D eigenvalue weighted by Crippen LogP contribution is 2.34. The van der Waals surface area contributed by atoms with Crippen LogP contribution < -0.4 is 15.2 Å². The van der Waals surface area contributed by atoms with Crippen molar-refractivity contribution in [2.24, 2.45) is 5.73 Å². The first-order valence-corrected chi connectivity index (χ1v) is 12.3. The van der Waals surface area contributed by atoms with Crippen LogP contribution in [0.15, 0.2) is 97.3 Å². The Hall–Kier alpha value is -3.96. The number of nitrogens with zero attached hydrogens (tertiary/aromatic N) is 1. The Balaban J connectivity index is 1.37. The average Bonchev–Trinajstić information content (AvgIpc) is 2.93. The molecule has 4 aromatic rings. The molecule has 4 rings (SSSR count). The van der Waals surface area contributed by atoms with Crippen LogP contribution >= 0.6 is 0 Å². The van der Waals surface area contributed by atoms with Gasteiger partial charge in [0.25, 0.3) is 0 Å². The summed E-state index contributed by atoms with van der Waals surface area (Å²) < 4.78 is 12.1. The van der Waals surface area contributed by atoms with Crippen LogP contribution in [0, 0.1) is 0 Å². The quantitative estimate of drug-likeness (QED) is 0.245. The molecule has 2 N–H and O–H groups in total. The summed E-state index contributed by atoms with van der Waals surface area (Å²) >= 11 is 0. The van der Waals surface area contributed by atoms with Gasteiger partial charge in [0.05, 0.1) is 6.61 Å². The van der Waals surface area contributed by atoms with Crippen LogP contribution in [0.2, 0.25) is 0 Å². The minimum Gasteiger partial charge on any atom is -0.493 e. The van der Waals surface area contributed by atoms with Crippen LogP contribution in [0.4, 0.5) is 0 Å². The van der Waals surface area contributed by atoms with E-state index < -0.39 is 0 Å². The molecule has 0 fully saturated rings. The molecule has 0 radical (unpaired) electrons. The molecule has 184 valence electrons. The number of pyridine rings is 1. The van der Waals surface area contributed by atoms with E-state index in [1.165, 1.54) is 0 Å². The zero-order chi connectivity index (χ0) is 25.0. The largest absolute Gasteiger partial charge is 0.493 e. The highest BCUT2D eigenvalue weighted by Gasteiger charge is 2.10. The average molecular weight is 481 g/mol. The van der Waals surface area contributed by atoms with E-state index in [0.29, 0.717) is 32.6 Å². The number of carbonyl (C=O) groups excluding carboxylic acids is 1. The Kier molecular flexibility index (Phi) is 9.23. The molecule has 0 aliphatic heterocycles. The van der Waals surface area contributed by atoms with E-state index in [-0.39, 0.29) is 5.78 Å². The SMILES string of the molecule is NCCCOc1ccc(-c2ccccc2)c(OCc2ccc(CC(=O)CCc3cccnc3)cc2)c1. The van der Waals surface area contributed by atoms with E-state index in [1.807, 2.05) is 79.0 Å². The number of hydrogen-bond acceptors (Lipinski definition) is 5. The van der Waals surface area contributed by atoms with E-state index >= 15 is 0 Å². The zero-order valence-corrected chi connectivity index (χ0v) is 20.4. The number of aryl methyl sites for hydroxylation is 1.